The first-order valence-corrected chi connectivity index (χ1v) is 15.7. The molecular formula is C36H44FN3O6. The number of carboxylic acids is 1. The lowest BCUT2D eigenvalue weighted by atomic mass is 9.94. The molecule has 2 N–H and O–H groups in total. The predicted molar refractivity (Wildman–Crippen MR) is 176 cm³/mol. The highest BCUT2D eigenvalue weighted by molar-refractivity contribution is 5.91. The van der Waals surface area contributed by atoms with E-state index < -0.39 is 11.8 Å². The highest BCUT2D eigenvalue weighted by Gasteiger charge is 2.25. The van der Waals surface area contributed by atoms with Crippen LogP contribution in [0.3, 0.4) is 0 Å². The second-order valence-electron chi connectivity index (χ2n) is 11.3. The lowest BCUT2D eigenvalue weighted by Gasteiger charge is -2.32. The standard InChI is InChI=1S/C29H39FN2O5.C7H5NO/c1-4-8-21(3)32(29(35)31-24-12-6-11-23(30)17-24)15-16-36-25-13-7-14-26(18-25)37-19-22-10-5-9-20(2)27(22)28(33)34;9-6-8-7-4-2-1-3-5-7/h5-6,9-12,17,21,25-26H,4,7-8,13-16,18-19H2,1-3H3,(H,31,35)(H,33,34);1-5H. The average molecular weight is 634 g/mol. The van der Waals surface area contributed by atoms with Crippen LogP contribution in [-0.4, -0.2) is 59.5 Å². The number of para-hydroxylation sites is 1. The second-order valence-corrected chi connectivity index (χ2v) is 11.3. The number of halogens is 1. The molecule has 0 heterocycles. The molecule has 10 heteroatoms. The summed E-state index contributed by atoms with van der Waals surface area (Å²) in [5, 5.41) is 12.3. The largest absolute Gasteiger partial charge is 0.478 e. The number of aromatic carboxylic acids is 1. The maximum Gasteiger partial charge on any atom is 0.336 e. The van der Waals surface area contributed by atoms with Crippen molar-refractivity contribution < 1.29 is 33.4 Å². The number of benzene rings is 3. The predicted octanol–water partition coefficient (Wildman–Crippen LogP) is 8.05. The number of hydrogen-bond donors (Lipinski definition) is 2. The van der Waals surface area contributed by atoms with E-state index in [1.165, 1.54) is 18.2 Å². The molecule has 46 heavy (non-hydrogen) atoms. The van der Waals surface area contributed by atoms with Crippen molar-refractivity contribution in [2.45, 2.75) is 84.2 Å². The fraction of sp³-hybridized carbons (Fsp3) is 0.417. The fourth-order valence-electron chi connectivity index (χ4n) is 5.50. The molecular weight excluding hydrogens is 589 g/mol. The highest BCUT2D eigenvalue weighted by Crippen LogP contribution is 2.26. The van der Waals surface area contributed by atoms with Crippen molar-refractivity contribution >= 4 is 29.5 Å². The summed E-state index contributed by atoms with van der Waals surface area (Å²) in [6.45, 7) is 6.95. The maximum atomic E-state index is 13.5. The number of rotatable bonds is 13. The van der Waals surface area contributed by atoms with Gasteiger partial charge in [-0.3, -0.25) is 0 Å². The molecule has 0 aromatic heterocycles. The summed E-state index contributed by atoms with van der Waals surface area (Å²) in [6.07, 6.45) is 6.79. The Morgan fingerprint density at radius 3 is 2.46 bits per heavy atom. The molecule has 1 aliphatic rings. The molecule has 0 aliphatic heterocycles. The number of urea groups is 1. The molecule has 0 radical (unpaired) electrons. The lowest BCUT2D eigenvalue weighted by Crippen LogP contribution is -2.44. The molecule has 3 aromatic rings. The molecule has 1 saturated carbocycles. The second kappa shape index (κ2) is 19.2. The normalized spacial score (nSPS) is 16.3. The van der Waals surface area contributed by atoms with Crippen LogP contribution in [0.25, 0.3) is 0 Å². The summed E-state index contributed by atoms with van der Waals surface area (Å²) in [7, 11) is 0. The number of carbonyl (C=O) groups excluding carboxylic acids is 2. The topological polar surface area (TPSA) is 118 Å². The first-order chi connectivity index (χ1) is 22.2. The summed E-state index contributed by atoms with van der Waals surface area (Å²) in [4.78, 5) is 39.4. The van der Waals surface area contributed by atoms with Crippen molar-refractivity contribution in [1.82, 2.24) is 4.90 Å². The van der Waals surface area contributed by atoms with Crippen molar-refractivity contribution in [2.75, 3.05) is 18.5 Å². The fourth-order valence-corrected chi connectivity index (χ4v) is 5.50. The van der Waals surface area contributed by atoms with Gasteiger partial charge in [0.05, 0.1) is 36.7 Å². The van der Waals surface area contributed by atoms with E-state index in [1.807, 2.05) is 31.2 Å². The van der Waals surface area contributed by atoms with Crippen molar-refractivity contribution in [2.24, 2.45) is 4.99 Å². The van der Waals surface area contributed by atoms with Gasteiger partial charge in [-0.2, -0.15) is 4.99 Å². The zero-order valence-corrected chi connectivity index (χ0v) is 26.8. The van der Waals surface area contributed by atoms with E-state index in [4.69, 9.17) is 9.47 Å². The number of isocyanates is 1. The number of nitrogens with one attached hydrogen (secondary N) is 1. The van der Waals surface area contributed by atoms with Gasteiger partial charge < -0.3 is 24.8 Å². The van der Waals surface area contributed by atoms with Gasteiger partial charge in [-0.15, -0.1) is 0 Å². The number of anilines is 1. The Hall–Kier alpha value is -4.37. The Labute approximate surface area is 270 Å². The lowest BCUT2D eigenvalue weighted by molar-refractivity contribution is -0.0531. The minimum absolute atomic E-state index is 0.00713. The van der Waals surface area contributed by atoms with Crippen molar-refractivity contribution in [3.63, 3.8) is 0 Å². The minimum atomic E-state index is -0.940. The first kappa shape index (κ1) is 36.1. The van der Waals surface area contributed by atoms with E-state index in [0.29, 0.717) is 35.7 Å². The van der Waals surface area contributed by atoms with Gasteiger partial charge in [-0.05, 0) is 87.4 Å². The van der Waals surface area contributed by atoms with Gasteiger partial charge in [0.1, 0.15) is 5.82 Å². The van der Waals surface area contributed by atoms with E-state index in [1.54, 1.807) is 48.2 Å². The molecule has 3 unspecified atom stereocenters. The van der Waals surface area contributed by atoms with Crippen LogP contribution >= 0.6 is 0 Å². The molecule has 3 atom stereocenters. The van der Waals surface area contributed by atoms with E-state index >= 15 is 0 Å². The van der Waals surface area contributed by atoms with Gasteiger partial charge in [0.15, 0.2) is 0 Å². The van der Waals surface area contributed by atoms with E-state index in [-0.39, 0.29) is 30.9 Å². The van der Waals surface area contributed by atoms with E-state index in [9.17, 15) is 23.9 Å². The summed E-state index contributed by atoms with van der Waals surface area (Å²) >= 11 is 0. The van der Waals surface area contributed by atoms with Crippen LogP contribution in [0.15, 0.2) is 77.8 Å². The van der Waals surface area contributed by atoms with Crippen molar-refractivity contribution in [1.29, 1.82) is 0 Å². The molecule has 0 saturated heterocycles. The van der Waals surface area contributed by atoms with E-state index in [0.717, 1.165) is 44.1 Å². The average Bonchev–Trinajstić information content (AvgIpc) is 3.03. The number of aliphatic imine (C=N–C) groups is 1. The number of hydrogen-bond acceptors (Lipinski definition) is 6. The summed E-state index contributed by atoms with van der Waals surface area (Å²) in [6, 6.07) is 20.0. The molecule has 9 nitrogen and oxygen atoms in total. The Balaban J connectivity index is 0.000000549. The smallest absolute Gasteiger partial charge is 0.336 e. The third-order valence-electron chi connectivity index (χ3n) is 7.82. The number of carbonyl (C=O) groups is 2. The molecule has 1 aliphatic carbocycles. The molecule has 0 spiro atoms. The van der Waals surface area contributed by atoms with Crippen LogP contribution in [0.2, 0.25) is 0 Å². The number of aryl methyl sites for hydroxylation is 1. The Kier molecular flexibility index (Phi) is 15.1. The zero-order chi connectivity index (χ0) is 33.3. The van der Waals surface area contributed by atoms with Gasteiger partial charge in [0.2, 0.25) is 6.08 Å². The highest BCUT2D eigenvalue weighted by atomic mass is 19.1. The molecule has 246 valence electrons. The summed E-state index contributed by atoms with van der Waals surface area (Å²) < 4.78 is 25.8. The summed E-state index contributed by atoms with van der Waals surface area (Å²) in [5.74, 6) is -1.34. The Morgan fingerprint density at radius 1 is 1.07 bits per heavy atom. The quantitative estimate of drug-likeness (QED) is 0.145. The van der Waals surface area contributed by atoms with Crippen LogP contribution in [0.5, 0.6) is 0 Å². The third-order valence-corrected chi connectivity index (χ3v) is 7.82. The van der Waals surface area contributed by atoms with Crippen molar-refractivity contribution in [3.05, 3.63) is 95.3 Å². The monoisotopic (exact) mass is 633 g/mol. The van der Waals surface area contributed by atoms with Crippen LogP contribution in [0.4, 0.5) is 20.6 Å². The SMILES string of the molecule is CCCC(C)N(CCOC1CCCC(OCc2cccc(C)c2C(=O)O)C1)C(=O)Nc1cccc(F)c1.O=C=Nc1ccccc1. The minimum Gasteiger partial charge on any atom is -0.478 e. The maximum absolute atomic E-state index is 13.5. The van der Waals surface area contributed by atoms with Crippen LogP contribution in [0.1, 0.15) is 73.9 Å². The summed E-state index contributed by atoms with van der Waals surface area (Å²) in [5.41, 5.74) is 2.78. The number of nitrogens with zero attached hydrogens (tertiary/aromatic N) is 2. The molecule has 3 aromatic carbocycles. The van der Waals surface area contributed by atoms with Crippen LogP contribution < -0.4 is 5.32 Å². The van der Waals surface area contributed by atoms with Crippen LogP contribution in [-0.2, 0) is 20.9 Å². The number of carboxylic acid groups (broad SMARTS) is 1. The molecule has 4 rings (SSSR count). The first-order valence-electron chi connectivity index (χ1n) is 15.7. The van der Waals surface area contributed by atoms with E-state index in [2.05, 4.69) is 17.2 Å². The third kappa shape index (κ3) is 11.9. The zero-order valence-electron chi connectivity index (χ0n) is 26.8. The van der Waals surface area contributed by atoms with Gasteiger partial charge >= 0.3 is 12.0 Å². The number of ether oxygens (including phenoxy) is 2. The Bertz CT molecular complexity index is 1450. The van der Waals surface area contributed by atoms with Crippen molar-refractivity contribution in [3.8, 4) is 0 Å². The number of amides is 2. The van der Waals surface area contributed by atoms with Gasteiger partial charge in [0, 0.05) is 18.3 Å². The van der Waals surface area contributed by atoms with Gasteiger partial charge in [-0.25, -0.2) is 18.8 Å². The molecule has 1 fully saturated rings. The Morgan fingerprint density at radius 2 is 1.78 bits per heavy atom. The van der Waals surface area contributed by atoms with Gasteiger partial charge in [0.25, 0.3) is 0 Å². The molecule has 2 amide bonds. The van der Waals surface area contributed by atoms with Crippen LogP contribution in [0, 0.1) is 12.7 Å². The van der Waals surface area contributed by atoms with Gasteiger partial charge in [-0.1, -0.05) is 55.8 Å². The molecule has 0 bridgehead atoms.